The van der Waals surface area contributed by atoms with Crippen molar-refractivity contribution in [2.45, 2.75) is 13.0 Å². The highest BCUT2D eigenvalue weighted by Gasteiger charge is 2.27. The number of aromatic nitrogens is 1. The van der Waals surface area contributed by atoms with Crippen molar-refractivity contribution in [3.8, 4) is 0 Å². The summed E-state index contributed by atoms with van der Waals surface area (Å²) in [4.78, 5) is 30.8. The minimum Gasteiger partial charge on any atom is -0.480 e. The van der Waals surface area contributed by atoms with Crippen molar-refractivity contribution in [3.05, 3.63) is 28.5 Å². The van der Waals surface area contributed by atoms with Crippen molar-refractivity contribution in [2.75, 3.05) is 26.2 Å². The Hall–Kier alpha value is -1.47. The molecule has 2 rings (SSSR count). The second kappa shape index (κ2) is 6.32. The summed E-state index contributed by atoms with van der Waals surface area (Å²) in [6.07, 6.45) is 1.54. The van der Waals surface area contributed by atoms with E-state index in [0.29, 0.717) is 36.3 Å². The second-order valence-electron chi connectivity index (χ2n) is 4.71. The molecule has 1 aliphatic heterocycles. The molecule has 7 heteroatoms. The van der Waals surface area contributed by atoms with Gasteiger partial charge in [0.2, 0.25) is 0 Å². The molecule has 1 fully saturated rings. The van der Waals surface area contributed by atoms with E-state index in [1.165, 1.54) is 0 Å². The topological polar surface area (TPSA) is 73.7 Å². The minimum absolute atomic E-state index is 0.0624. The largest absolute Gasteiger partial charge is 0.480 e. The molecule has 1 N–H and O–H groups in total. The number of hydrogen-bond donors (Lipinski definition) is 1. The Morgan fingerprint density at radius 1 is 1.30 bits per heavy atom. The standard InChI is InChI=1S/C13H16BrN3O3/c1-9(13(19)20)16-4-6-17(7-5-16)12(18)10-2-3-11(14)15-8-10/h2-3,8-9H,4-7H2,1H3,(H,19,20). The van der Waals surface area contributed by atoms with E-state index in [4.69, 9.17) is 5.11 Å². The van der Waals surface area contributed by atoms with Crippen LogP contribution in [-0.4, -0.2) is 64.0 Å². The van der Waals surface area contributed by atoms with E-state index < -0.39 is 12.0 Å². The van der Waals surface area contributed by atoms with Gasteiger partial charge in [-0.2, -0.15) is 0 Å². The highest BCUT2D eigenvalue weighted by atomic mass is 79.9. The Balaban J connectivity index is 1.95. The van der Waals surface area contributed by atoms with Crippen molar-refractivity contribution in [3.63, 3.8) is 0 Å². The molecule has 2 heterocycles. The van der Waals surface area contributed by atoms with Crippen LogP contribution in [0.3, 0.4) is 0 Å². The summed E-state index contributed by atoms with van der Waals surface area (Å²) >= 11 is 3.23. The molecule has 0 spiro atoms. The Morgan fingerprint density at radius 2 is 1.95 bits per heavy atom. The lowest BCUT2D eigenvalue weighted by Gasteiger charge is -2.36. The van der Waals surface area contributed by atoms with Crippen LogP contribution in [0, 0.1) is 0 Å². The maximum Gasteiger partial charge on any atom is 0.320 e. The van der Waals surface area contributed by atoms with E-state index in [1.54, 1.807) is 30.2 Å². The molecule has 1 aromatic rings. The fourth-order valence-corrected chi connectivity index (χ4v) is 2.39. The molecule has 20 heavy (non-hydrogen) atoms. The Labute approximate surface area is 125 Å². The lowest BCUT2D eigenvalue weighted by molar-refractivity contribution is -0.143. The quantitative estimate of drug-likeness (QED) is 0.832. The fraction of sp³-hybridized carbons (Fsp3) is 0.462. The summed E-state index contributed by atoms with van der Waals surface area (Å²) in [6, 6.07) is 2.95. The van der Waals surface area contributed by atoms with Gasteiger partial charge >= 0.3 is 5.97 Å². The number of carbonyl (C=O) groups excluding carboxylic acids is 1. The average Bonchev–Trinajstić information content (AvgIpc) is 2.46. The highest BCUT2D eigenvalue weighted by Crippen LogP contribution is 2.12. The zero-order chi connectivity index (χ0) is 14.7. The number of carboxylic acid groups (broad SMARTS) is 1. The molecule has 1 unspecified atom stereocenters. The third kappa shape index (κ3) is 3.34. The molecule has 0 radical (unpaired) electrons. The van der Waals surface area contributed by atoms with Crippen molar-refractivity contribution in [1.82, 2.24) is 14.8 Å². The summed E-state index contributed by atoms with van der Waals surface area (Å²) < 4.78 is 0.689. The van der Waals surface area contributed by atoms with Gasteiger partial charge in [0.05, 0.1) is 5.56 Å². The van der Waals surface area contributed by atoms with E-state index in [1.807, 2.05) is 4.90 Å². The molecule has 1 amide bonds. The van der Waals surface area contributed by atoms with Crippen molar-refractivity contribution in [2.24, 2.45) is 0 Å². The van der Waals surface area contributed by atoms with Gasteiger partial charge in [-0.15, -0.1) is 0 Å². The van der Waals surface area contributed by atoms with Gasteiger partial charge in [0, 0.05) is 32.4 Å². The number of amides is 1. The number of pyridine rings is 1. The third-order valence-corrected chi connectivity index (χ3v) is 3.95. The van der Waals surface area contributed by atoms with E-state index in [2.05, 4.69) is 20.9 Å². The van der Waals surface area contributed by atoms with Crippen molar-refractivity contribution < 1.29 is 14.7 Å². The normalized spacial score (nSPS) is 17.8. The first-order valence-electron chi connectivity index (χ1n) is 6.36. The molecule has 0 saturated carbocycles. The Morgan fingerprint density at radius 3 is 2.45 bits per heavy atom. The minimum atomic E-state index is -0.832. The van der Waals surface area contributed by atoms with E-state index in [0.717, 1.165) is 0 Å². The van der Waals surface area contributed by atoms with Crippen molar-refractivity contribution >= 4 is 27.8 Å². The van der Waals surface area contributed by atoms with Crippen LogP contribution >= 0.6 is 15.9 Å². The van der Waals surface area contributed by atoms with Gasteiger partial charge in [0.15, 0.2) is 0 Å². The average molecular weight is 342 g/mol. The summed E-state index contributed by atoms with van der Waals surface area (Å²) in [5.41, 5.74) is 0.549. The highest BCUT2D eigenvalue weighted by molar-refractivity contribution is 9.10. The summed E-state index contributed by atoms with van der Waals surface area (Å²) in [6.45, 7) is 3.88. The summed E-state index contributed by atoms with van der Waals surface area (Å²) in [5, 5.41) is 8.98. The van der Waals surface area contributed by atoms with E-state index in [-0.39, 0.29) is 5.91 Å². The van der Waals surface area contributed by atoms with Gasteiger partial charge in [-0.25, -0.2) is 4.98 Å². The van der Waals surface area contributed by atoms with Crippen molar-refractivity contribution in [1.29, 1.82) is 0 Å². The molecular weight excluding hydrogens is 326 g/mol. The van der Waals surface area contributed by atoms with Crippen LogP contribution in [0.15, 0.2) is 22.9 Å². The molecule has 1 aliphatic rings. The summed E-state index contributed by atoms with van der Waals surface area (Å²) in [5.74, 6) is -0.894. The maximum atomic E-state index is 12.3. The lowest BCUT2D eigenvalue weighted by atomic mass is 10.2. The van der Waals surface area contributed by atoms with Crippen LogP contribution < -0.4 is 0 Å². The molecular formula is C13H16BrN3O3. The number of carbonyl (C=O) groups is 2. The zero-order valence-electron chi connectivity index (χ0n) is 11.1. The lowest BCUT2D eigenvalue weighted by Crippen LogP contribution is -2.53. The van der Waals surface area contributed by atoms with Gasteiger partial charge < -0.3 is 10.0 Å². The number of halogens is 1. The Kier molecular flexibility index (Phi) is 4.72. The first kappa shape index (κ1) is 14.9. The molecule has 0 aliphatic carbocycles. The molecule has 0 aromatic carbocycles. The molecule has 1 aromatic heterocycles. The monoisotopic (exact) mass is 341 g/mol. The predicted molar refractivity (Wildman–Crippen MR) is 76.5 cm³/mol. The number of hydrogen-bond acceptors (Lipinski definition) is 4. The van der Waals surface area contributed by atoms with Gasteiger partial charge in [-0.05, 0) is 35.0 Å². The first-order chi connectivity index (χ1) is 9.49. The smallest absolute Gasteiger partial charge is 0.320 e. The maximum absolute atomic E-state index is 12.3. The molecule has 1 saturated heterocycles. The molecule has 108 valence electrons. The van der Waals surface area contributed by atoms with E-state index >= 15 is 0 Å². The number of rotatable bonds is 3. The number of aliphatic carboxylic acids is 1. The van der Waals surface area contributed by atoms with Crippen LogP contribution in [0.1, 0.15) is 17.3 Å². The van der Waals surface area contributed by atoms with Crippen LogP contribution in [0.2, 0.25) is 0 Å². The Bertz CT molecular complexity index is 498. The molecule has 0 bridgehead atoms. The third-order valence-electron chi connectivity index (χ3n) is 3.48. The van der Waals surface area contributed by atoms with Crippen LogP contribution in [0.5, 0.6) is 0 Å². The fourth-order valence-electron chi connectivity index (χ4n) is 2.15. The number of piperazine rings is 1. The van der Waals surface area contributed by atoms with Gasteiger partial charge in [-0.3, -0.25) is 14.5 Å². The second-order valence-corrected chi connectivity index (χ2v) is 5.52. The predicted octanol–water partition coefficient (Wildman–Crippen LogP) is 1.07. The van der Waals surface area contributed by atoms with Gasteiger partial charge in [0.1, 0.15) is 10.6 Å². The molecule has 1 atom stereocenters. The van der Waals surface area contributed by atoms with E-state index in [9.17, 15) is 9.59 Å². The first-order valence-corrected chi connectivity index (χ1v) is 7.16. The number of carboxylic acids is 1. The SMILES string of the molecule is CC(C(=O)O)N1CCN(C(=O)c2ccc(Br)nc2)CC1. The molecule has 6 nitrogen and oxygen atoms in total. The number of nitrogens with zero attached hydrogens (tertiary/aromatic N) is 3. The van der Waals surface area contributed by atoms with Gasteiger partial charge in [-0.1, -0.05) is 0 Å². The van der Waals surface area contributed by atoms with Crippen LogP contribution in [0.4, 0.5) is 0 Å². The zero-order valence-corrected chi connectivity index (χ0v) is 12.7. The van der Waals surface area contributed by atoms with Crippen LogP contribution in [0.25, 0.3) is 0 Å². The van der Waals surface area contributed by atoms with Gasteiger partial charge in [0.25, 0.3) is 5.91 Å². The summed E-state index contributed by atoms with van der Waals surface area (Å²) in [7, 11) is 0. The van der Waals surface area contributed by atoms with Crippen LogP contribution in [-0.2, 0) is 4.79 Å².